The largest absolute Gasteiger partial charge is 0.393 e. The molecule has 1 heterocycles. The lowest BCUT2D eigenvalue weighted by atomic mass is 10.2. The van der Waals surface area contributed by atoms with Gasteiger partial charge in [-0.25, -0.2) is 9.07 Å². The topological polar surface area (TPSA) is 62.2 Å². The van der Waals surface area contributed by atoms with Gasteiger partial charge in [0.1, 0.15) is 11.5 Å². The van der Waals surface area contributed by atoms with Gasteiger partial charge in [0.15, 0.2) is 0 Å². The zero-order valence-corrected chi connectivity index (χ0v) is 11.6. The number of rotatable bonds is 5. The highest BCUT2D eigenvalue weighted by Gasteiger charge is 2.16. The second-order valence-corrected chi connectivity index (χ2v) is 4.50. The van der Waals surface area contributed by atoms with Crippen LogP contribution in [0.3, 0.4) is 0 Å². The van der Waals surface area contributed by atoms with Crippen molar-refractivity contribution in [3.63, 3.8) is 0 Å². The molecule has 0 bridgehead atoms. The molecule has 2 rings (SSSR count). The minimum absolute atomic E-state index is 0.185. The third-order valence-electron chi connectivity index (χ3n) is 3.18. The molecule has 0 aliphatic carbocycles. The molecule has 2 aromatic rings. The summed E-state index contributed by atoms with van der Waals surface area (Å²) in [6.07, 6.45) is 0. The van der Waals surface area contributed by atoms with Crippen LogP contribution in [0.1, 0.15) is 18.2 Å². The highest BCUT2D eigenvalue weighted by molar-refractivity contribution is 5.41. The first-order chi connectivity index (χ1) is 9.58. The predicted octanol–water partition coefficient (Wildman–Crippen LogP) is 1.59. The summed E-state index contributed by atoms with van der Waals surface area (Å²) < 4.78 is 21.6. The van der Waals surface area contributed by atoms with Crippen molar-refractivity contribution in [2.75, 3.05) is 12.8 Å². The monoisotopic (exact) mass is 279 g/mol. The average molecular weight is 279 g/mol. The van der Waals surface area contributed by atoms with Crippen molar-refractivity contribution < 1.29 is 9.13 Å². The van der Waals surface area contributed by atoms with Crippen LogP contribution >= 0.6 is 0 Å². The Balaban J connectivity index is 2.46. The number of nitrogens with two attached hydrogens (primary N) is 1. The van der Waals surface area contributed by atoms with E-state index in [0.29, 0.717) is 17.8 Å². The van der Waals surface area contributed by atoms with Gasteiger partial charge in [-0.2, -0.15) is 0 Å². The lowest BCUT2D eigenvalue weighted by Crippen LogP contribution is -2.24. The molecule has 6 heteroatoms. The summed E-state index contributed by atoms with van der Waals surface area (Å²) >= 11 is 0. The Morgan fingerprint density at radius 2 is 2.10 bits per heavy atom. The van der Waals surface area contributed by atoms with E-state index in [1.54, 1.807) is 23.9 Å². The molecule has 0 fully saturated rings. The molecule has 5 nitrogen and oxygen atoms in total. The van der Waals surface area contributed by atoms with Crippen LogP contribution in [0.25, 0.3) is 0 Å². The highest BCUT2D eigenvalue weighted by atomic mass is 19.1. The summed E-state index contributed by atoms with van der Waals surface area (Å²) in [7, 11) is 1.55. The third-order valence-corrected chi connectivity index (χ3v) is 3.18. The summed E-state index contributed by atoms with van der Waals surface area (Å²) in [5, 5.41) is 0. The second-order valence-electron chi connectivity index (χ2n) is 4.50. The Hall–Kier alpha value is -2.08. The van der Waals surface area contributed by atoms with Crippen LogP contribution in [0, 0.1) is 5.82 Å². The van der Waals surface area contributed by atoms with Crippen LogP contribution in [0.5, 0.6) is 0 Å². The zero-order chi connectivity index (χ0) is 14.7. The Morgan fingerprint density at radius 3 is 2.70 bits per heavy atom. The quantitative estimate of drug-likeness (QED) is 0.904. The molecule has 0 radical (unpaired) electrons. The summed E-state index contributed by atoms with van der Waals surface area (Å²) in [6.45, 7) is 3.05. The molecular weight excluding hydrogens is 261 g/mol. The van der Waals surface area contributed by atoms with Crippen molar-refractivity contribution in [3.05, 3.63) is 51.7 Å². The first-order valence-electron chi connectivity index (χ1n) is 6.39. The minimum Gasteiger partial charge on any atom is -0.393 e. The number of anilines is 1. The van der Waals surface area contributed by atoms with Gasteiger partial charge in [-0.15, -0.1) is 0 Å². The average Bonchev–Trinajstić information content (AvgIpc) is 2.64. The van der Waals surface area contributed by atoms with Crippen molar-refractivity contribution in [2.24, 2.45) is 0 Å². The lowest BCUT2D eigenvalue weighted by Gasteiger charge is -2.12. The molecule has 0 saturated carbocycles. The summed E-state index contributed by atoms with van der Waals surface area (Å²) in [4.78, 5) is 12.2. The van der Waals surface area contributed by atoms with Crippen LogP contribution < -0.4 is 11.3 Å². The second kappa shape index (κ2) is 5.92. The summed E-state index contributed by atoms with van der Waals surface area (Å²) in [5.74, 6) is -0.324. The number of halogens is 1. The molecule has 0 amide bonds. The number of hydrogen-bond donors (Lipinski definition) is 1. The Morgan fingerprint density at radius 1 is 1.35 bits per heavy atom. The van der Waals surface area contributed by atoms with Gasteiger partial charge in [-0.1, -0.05) is 12.1 Å². The molecule has 0 aliphatic heterocycles. The van der Waals surface area contributed by atoms with Gasteiger partial charge in [0.05, 0.1) is 18.8 Å². The smallest absolute Gasteiger partial charge is 0.290 e. The van der Waals surface area contributed by atoms with E-state index in [4.69, 9.17) is 10.5 Å². The fraction of sp³-hybridized carbons (Fsp3) is 0.357. The standard InChI is InChI=1S/C14H18FN3O2/c1-3-17-12(9-20-2)13(16)14(19)18(17)8-10-5-4-6-11(15)7-10/h4-7H,3,8-9,16H2,1-2H3. The van der Waals surface area contributed by atoms with Crippen molar-refractivity contribution >= 4 is 5.69 Å². The molecule has 20 heavy (non-hydrogen) atoms. The molecular formula is C14H18FN3O2. The van der Waals surface area contributed by atoms with Crippen molar-refractivity contribution in [3.8, 4) is 0 Å². The third kappa shape index (κ3) is 2.60. The number of ether oxygens (including phenoxy) is 1. The van der Waals surface area contributed by atoms with Gasteiger partial charge in [0.25, 0.3) is 5.56 Å². The number of methoxy groups -OCH3 is 1. The minimum atomic E-state index is -0.324. The normalized spacial score (nSPS) is 10.9. The lowest BCUT2D eigenvalue weighted by molar-refractivity contribution is 0.175. The number of nitrogen functional groups attached to an aromatic ring is 1. The molecule has 108 valence electrons. The SMILES string of the molecule is CCn1c(COC)c(N)c(=O)n1Cc1cccc(F)c1. The Bertz CT molecular complexity index is 661. The molecule has 0 spiro atoms. The first-order valence-corrected chi connectivity index (χ1v) is 6.39. The van der Waals surface area contributed by atoms with E-state index in [9.17, 15) is 9.18 Å². The van der Waals surface area contributed by atoms with E-state index in [1.807, 2.05) is 6.92 Å². The van der Waals surface area contributed by atoms with Gasteiger partial charge in [-0.05, 0) is 24.6 Å². The van der Waals surface area contributed by atoms with Crippen molar-refractivity contribution in [2.45, 2.75) is 26.6 Å². The number of aromatic nitrogens is 2. The Labute approximate surface area is 116 Å². The van der Waals surface area contributed by atoms with E-state index in [1.165, 1.54) is 16.8 Å². The maximum absolute atomic E-state index is 13.2. The van der Waals surface area contributed by atoms with Crippen LogP contribution in [-0.2, 0) is 24.4 Å². The molecule has 0 saturated heterocycles. The summed E-state index contributed by atoms with van der Waals surface area (Å²) in [5.41, 5.74) is 7.11. The fourth-order valence-corrected chi connectivity index (χ4v) is 2.27. The number of hydrogen-bond acceptors (Lipinski definition) is 3. The molecule has 0 aliphatic rings. The zero-order valence-electron chi connectivity index (χ0n) is 11.6. The van der Waals surface area contributed by atoms with Crippen molar-refractivity contribution in [1.82, 2.24) is 9.36 Å². The number of benzene rings is 1. The van der Waals surface area contributed by atoms with Gasteiger partial charge in [-0.3, -0.25) is 9.48 Å². The maximum atomic E-state index is 13.2. The molecule has 0 unspecified atom stereocenters. The van der Waals surface area contributed by atoms with E-state index < -0.39 is 0 Å². The van der Waals surface area contributed by atoms with Crippen LogP contribution in [0.4, 0.5) is 10.1 Å². The summed E-state index contributed by atoms with van der Waals surface area (Å²) in [6, 6.07) is 6.17. The molecule has 1 aromatic carbocycles. The fourth-order valence-electron chi connectivity index (χ4n) is 2.27. The van der Waals surface area contributed by atoms with E-state index >= 15 is 0 Å². The molecule has 0 atom stereocenters. The van der Waals surface area contributed by atoms with Crippen LogP contribution in [-0.4, -0.2) is 16.5 Å². The van der Waals surface area contributed by atoms with Gasteiger partial charge in [0.2, 0.25) is 0 Å². The maximum Gasteiger partial charge on any atom is 0.290 e. The highest BCUT2D eigenvalue weighted by Crippen LogP contribution is 2.12. The van der Waals surface area contributed by atoms with Gasteiger partial charge >= 0.3 is 0 Å². The van der Waals surface area contributed by atoms with Crippen molar-refractivity contribution in [1.29, 1.82) is 0 Å². The van der Waals surface area contributed by atoms with Crippen LogP contribution in [0.2, 0.25) is 0 Å². The first kappa shape index (κ1) is 14.3. The Kier molecular flexibility index (Phi) is 4.24. The van der Waals surface area contributed by atoms with Gasteiger partial charge < -0.3 is 10.5 Å². The number of nitrogens with zero attached hydrogens (tertiary/aromatic N) is 2. The molecule has 2 N–H and O–H groups in total. The van der Waals surface area contributed by atoms with Crippen LogP contribution in [0.15, 0.2) is 29.1 Å². The molecule has 1 aromatic heterocycles. The van der Waals surface area contributed by atoms with E-state index in [-0.39, 0.29) is 30.2 Å². The van der Waals surface area contributed by atoms with E-state index in [2.05, 4.69) is 0 Å². The van der Waals surface area contributed by atoms with Gasteiger partial charge in [0, 0.05) is 13.7 Å². The van der Waals surface area contributed by atoms with E-state index in [0.717, 1.165) is 0 Å². The predicted molar refractivity (Wildman–Crippen MR) is 75.0 cm³/mol.